The highest BCUT2D eigenvalue weighted by Gasteiger charge is 2.13. The van der Waals surface area contributed by atoms with Crippen molar-refractivity contribution in [2.24, 2.45) is 0 Å². The van der Waals surface area contributed by atoms with Crippen LogP contribution in [0.2, 0.25) is 0 Å². The Balaban J connectivity index is 1.77. The minimum Gasteiger partial charge on any atom is -0.325 e. The molecule has 2 heterocycles. The Labute approximate surface area is 161 Å². The van der Waals surface area contributed by atoms with E-state index in [4.69, 9.17) is 0 Å². The number of hydrogen-bond donors (Lipinski definition) is 1. The largest absolute Gasteiger partial charge is 0.325 e. The van der Waals surface area contributed by atoms with Gasteiger partial charge >= 0.3 is 0 Å². The van der Waals surface area contributed by atoms with E-state index in [-0.39, 0.29) is 17.2 Å². The average Bonchev–Trinajstić information content (AvgIpc) is 2.69. The summed E-state index contributed by atoms with van der Waals surface area (Å²) in [6.07, 6.45) is 4.29. The van der Waals surface area contributed by atoms with Crippen LogP contribution in [0, 0.1) is 0 Å². The first-order valence-corrected chi connectivity index (χ1v) is 9.59. The van der Waals surface area contributed by atoms with Gasteiger partial charge in [0.1, 0.15) is 5.65 Å². The van der Waals surface area contributed by atoms with E-state index in [0.29, 0.717) is 22.7 Å². The van der Waals surface area contributed by atoms with Crippen LogP contribution in [0.5, 0.6) is 0 Å². The maximum atomic E-state index is 12.3. The molecular formula is C20H20N4O2S. The number of rotatable bonds is 7. The van der Waals surface area contributed by atoms with E-state index >= 15 is 0 Å². The van der Waals surface area contributed by atoms with Gasteiger partial charge in [0.25, 0.3) is 5.56 Å². The Morgan fingerprint density at radius 1 is 1.30 bits per heavy atom. The highest BCUT2D eigenvalue weighted by molar-refractivity contribution is 7.99. The molecule has 3 rings (SSSR count). The molecule has 0 saturated carbocycles. The van der Waals surface area contributed by atoms with Crippen molar-refractivity contribution < 1.29 is 4.79 Å². The molecule has 0 radical (unpaired) electrons. The van der Waals surface area contributed by atoms with Crippen molar-refractivity contribution in [2.45, 2.75) is 25.0 Å². The molecular weight excluding hydrogens is 360 g/mol. The molecule has 0 aliphatic rings. The molecule has 2 aromatic heterocycles. The summed E-state index contributed by atoms with van der Waals surface area (Å²) in [6.45, 7) is 6.28. The second kappa shape index (κ2) is 8.64. The molecule has 1 amide bonds. The number of aryl methyl sites for hydroxylation is 1. The molecule has 0 spiro atoms. The summed E-state index contributed by atoms with van der Waals surface area (Å²) < 4.78 is 1.79. The first-order valence-electron chi connectivity index (χ1n) is 8.60. The maximum Gasteiger partial charge on any atom is 0.283 e. The van der Waals surface area contributed by atoms with Crippen LogP contribution in [0.4, 0.5) is 5.69 Å². The smallest absolute Gasteiger partial charge is 0.283 e. The SMILES string of the molecule is C=CCn1c(SCC(=O)Nc2ccc(CC)cc2)nc(=O)c2cccnc21. The molecule has 1 N–H and O–H groups in total. The Bertz CT molecular complexity index is 1030. The predicted octanol–water partition coefficient (Wildman–Crippen LogP) is 3.27. The molecule has 0 aliphatic carbocycles. The first-order chi connectivity index (χ1) is 13.1. The number of amides is 1. The molecule has 27 heavy (non-hydrogen) atoms. The first kappa shape index (κ1) is 18.8. The average molecular weight is 380 g/mol. The topological polar surface area (TPSA) is 76.9 Å². The van der Waals surface area contributed by atoms with Crippen LogP contribution in [0.25, 0.3) is 11.0 Å². The Morgan fingerprint density at radius 3 is 2.78 bits per heavy atom. The lowest BCUT2D eigenvalue weighted by Crippen LogP contribution is -2.19. The van der Waals surface area contributed by atoms with Gasteiger partial charge in [0, 0.05) is 18.4 Å². The fraction of sp³-hybridized carbons (Fsp3) is 0.200. The fourth-order valence-corrected chi connectivity index (χ4v) is 3.43. The minimum atomic E-state index is -0.350. The van der Waals surface area contributed by atoms with Gasteiger partial charge in [-0.3, -0.25) is 9.59 Å². The van der Waals surface area contributed by atoms with Gasteiger partial charge in [0.2, 0.25) is 5.91 Å². The third kappa shape index (κ3) is 4.43. The van der Waals surface area contributed by atoms with Crippen molar-refractivity contribution in [3.63, 3.8) is 0 Å². The van der Waals surface area contributed by atoms with Gasteiger partial charge in [-0.25, -0.2) is 4.98 Å². The number of allylic oxidation sites excluding steroid dienone is 1. The molecule has 0 atom stereocenters. The Kier molecular flexibility index (Phi) is 6.03. The quantitative estimate of drug-likeness (QED) is 0.387. The summed E-state index contributed by atoms with van der Waals surface area (Å²) in [4.78, 5) is 32.9. The summed E-state index contributed by atoms with van der Waals surface area (Å²) in [5.74, 6) is -0.0259. The van der Waals surface area contributed by atoms with Crippen LogP contribution in [-0.2, 0) is 17.8 Å². The van der Waals surface area contributed by atoms with E-state index < -0.39 is 0 Å². The van der Waals surface area contributed by atoms with Gasteiger partial charge in [0.15, 0.2) is 5.16 Å². The monoisotopic (exact) mass is 380 g/mol. The molecule has 6 nitrogen and oxygen atoms in total. The Morgan fingerprint density at radius 2 is 2.07 bits per heavy atom. The number of anilines is 1. The van der Waals surface area contributed by atoms with E-state index in [2.05, 4.69) is 28.8 Å². The third-order valence-corrected chi connectivity index (χ3v) is 4.97. The number of nitrogens with one attached hydrogen (secondary N) is 1. The minimum absolute atomic E-state index is 0.136. The van der Waals surface area contributed by atoms with Crippen LogP contribution in [0.15, 0.2) is 65.2 Å². The van der Waals surface area contributed by atoms with Crippen molar-refractivity contribution in [1.82, 2.24) is 14.5 Å². The molecule has 0 fully saturated rings. The number of carbonyl (C=O) groups is 1. The maximum absolute atomic E-state index is 12.3. The van der Waals surface area contributed by atoms with Crippen molar-refractivity contribution in [3.05, 3.63) is 71.2 Å². The van der Waals surface area contributed by atoms with E-state index in [9.17, 15) is 9.59 Å². The summed E-state index contributed by atoms with van der Waals surface area (Å²) >= 11 is 1.20. The van der Waals surface area contributed by atoms with Crippen molar-refractivity contribution >= 4 is 34.4 Å². The summed E-state index contributed by atoms with van der Waals surface area (Å²) in [5, 5.41) is 3.75. The number of carbonyl (C=O) groups excluding carboxylic acids is 1. The number of pyridine rings is 1. The molecule has 0 aliphatic heterocycles. The molecule has 1 aromatic carbocycles. The molecule has 0 unspecified atom stereocenters. The number of aromatic nitrogens is 3. The molecule has 138 valence electrons. The zero-order valence-corrected chi connectivity index (χ0v) is 15.8. The van der Waals surface area contributed by atoms with Gasteiger partial charge < -0.3 is 9.88 Å². The van der Waals surface area contributed by atoms with E-state index in [1.807, 2.05) is 24.3 Å². The molecule has 0 saturated heterocycles. The zero-order chi connectivity index (χ0) is 19.2. The van der Waals surface area contributed by atoms with Crippen LogP contribution < -0.4 is 10.9 Å². The summed E-state index contributed by atoms with van der Waals surface area (Å²) in [6, 6.07) is 11.1. The predicted molar refractivity (Wildman–Crippen MR) is 109 cm³/mol. The summed E-state index contributed by atoms with van der Waals surface area (Å²) in [5.41, 5.74) is 2.14. The van der Waals surface area contributed by atoms with E-state index in [1.165, 1.54) is 17.3 Å². The van der Waals surface area contributed by atoms with Crippen molar-refractivity contribution in [1.29, 1.82) is 0 Å². The van der Waals surface area contributed by atoms with Gasteiger partial charge in [-0.2, -0.15) is 4.98 Å². The number of fused-ring (bicyclic) bond motifs is 1. The highest BCUT2D eigenvalue weighted by atomic mass is 32.2. The fourth-order valence-electron chi connectivity index (χ4n) is 2.63. The zero-order valence-electron chi connectivity index (χ0n) is 15.0. The highest BCUT2D eigenvalue weighted by Crippen LogP contribution is 2.19. The second-order valence-corrected chi connectivity index (χ2v) is 6.80. The number of thioether (sulfide) groups is 1. The van der Waals surface area contributed by atoms with Crippen LogP contribution in [0.1, 0.15) is 12.5 Å². The van der Waals surface area contributed by atoms with Crippen LogP contribution >= 0.6 is 11.8 Å². The van der Waals surface area contributed by atoms with Gasteiger partial charge in [-0.1, -0.05) is 36.9 Å². The number of nitrogens with zero attached hydrogens (tertiary/aromatic N) is 3. The summed E-state index contributed by atoms with van der Waals surface area (Å²) in [7, 11) is 0. The lowest BCUT2D eigenvalue weighted by molar-refractivity contribution is -0.113. The van der Waals surface area contributed by atoms with Crippen molar-refractivity contribution in [2.75, 3.05) is 11.1 Å². The van der Waals surface area contributed by atoms with E-state index in [1.54, 1.807) is 29.0 Å². The van der Waals surface area contributed by atoms with Gasteiger partial charge in [-0.15, -0.1) is 6.58 Å². The standard InChI is InChI=1S/C20H20N4O2S/c1-3-12-24-18-16(6-5-11-21-18)19(26)23-20(24)27-13-17(25)22-15-9-7-14(4-2)8-10-15/h3,5-11H,1,4,12-13H2,2H3,(H,22,25). The van der Waals surface area contributed by atoms with Gasteiger partial charge in [-0.05, 0) is 36.2 Å². The van der Waals surface area contributed by atoms with E-state index in [0.717, 1.165) is 12.1 Å². The Hall–Kier alpha value is -2.93. The number of benzene rings is 1. The lowest BCUT2D eigenvalue weighted by Gasteiger charge is -2.12. The molecule has 3 aromatic rings. The van der Waals surface area contributed by atoms with Crippen molar-refractivity contribution in [3.8, 4) is 0 Å². The molecule has 0 bridgehead atoms. The van der Waals surface area contributed by atoms with Crippen LogP contribution in [-0.4, -0.2) is 26.2 Å². The lowest BCUT2D eigenvalue weighted by atomic mass is 10.1. The number of hydrogen-bond acceptors (Lipinski definition) is 5. The third-order valence-electron chi connectivity index (χ3n) is 3.99. The second-order valence-electron chi connectivity index (χ2n) is 5.86. The van der Waals surface area contributed by atoms with Crippen LogP contribution in [0.3, 0.4) is 0 Å². The molecule has 7 heteroatoms. The normalized spacial score (nSPS) is 10.7. The van der Waals surface area contributed by atoms with Gasteiger partial charge in [0.05, 0.1) is 11.1 Å².